The van der Waals surface area contributed by atoms with Crippen molar-refractivity contribution in [3.63, 3.8) is 0 Å². The van der Waals surface area contributed by atoms with E-state index < -0.39 is 0 Å². The van der Waals surface area contributed by atoms with Crippen LogP contribution in [0, 0.1) is 0 Å². The first-order chi connectivity index (χ1) is 15.2. The highest BCUT2D eigenvalue weighted by Gasteiger charge is 2.08. The van der Waals surface area contributed by atoms with Gasteiger partial charge in [-0.15, -0.1) is 0 Å². The van der Waals surface area contributed by atoms with Crippen molar-refractivity contribution >= 4 is 40.6 Å². The number of rotatable bonds is 12. The molecule has 3 rings (SSSR count). The van der Waals surface area contributed by atoms with Crippen LogP contribution in [-0.4, -0.2) is 40.3 Å². The van der Waals surface area contributed by atoms with Crippen molar-refractivity contribution in [1.29, 1.82) is 0 Å². The number of aliphatic hydroxyl groups is 1. The summed E-state index contributed by atoms with van der Waals surface area (Å²) < 4.78 is 0. The predicted molar refractivity (Wildman–Crippen MR) is 127 cm³/mol. The van der Waals surface area contributed by atoms with Crippen molar-refractivity contribution in [2.75, 3.05) is 47.2 Å². The lowest BCUT2D eigenvalue weighted by molar-refractivity contribution is 0.283. The van der Waals surface area contributed by atoms with E-state index in [1.807, 2.05) is 55.6 Å². The molecule has 0 bridgehead atoms. The van der Waals surface area contributed by atoms with Crippen molar-refractivity contribution in [2.24, 2.45) is 0 Å². The van der Waals surface area contributed by atoms with E-state index in [2.05, 4.69) is 36.2 Å². The fraction of sp³-hybridized carbons (Fsp3) is 0.318. The number of nitrogens with one attached hydrogen (secondary N) is 4. The van der Waals surface area contributed by atoms with Gasteiger partial charge in [-0.05, 0) is 49.2 Å². The molecular weight excluding hydrogens is 392 g/mol. The van der Waals surface area contributed by atoms with E-state index in [0.29, 0.717) is 23.5 Å². The molecule has 9 heteroatoms. The Bertz CT molecular complexity index is 966. The Hall–Kier alpha value is -3.59. The zero-order valence-corrected chi connectivity index (χ0v) is 17.7. The number of nitrogens with zero attached hydrogens (tertiary/aromatic N) is 3. The molecule has 31 heavy (non-hydrogen) atoms. The van der Waals surface area contributed by atoms with Gasteiger partial charge in [0.05, 0.1) is 0 Å². The third-order valence-electron chi connectivity index (χ3n) is 4.55. The molecule has 0 aliphatic heterocycles. The van der Waals surface area contributed by atoms with Crippen molar-refractivity contribution < 1.29 is 5.11 Å². The van der Waals surface area contributed by atoms with Crippen molar-refractivity contribution in [3.05, 3.63) is 48.5 Å². The molecule has 0 fully saturated rings. The smallest absolute Gasteiger partial charge is 0.233 e. The minimum absolute atomic E-state index is 0.240. The molecule has 9 nitrogen and oxygen atoms in total. The molecule has 0 saturated heterocycles. The number of aromatic nitrogens is 3. The van der Waals surface area contributed by atoms with Crippen LogP contribution in [0.5, 0.6) is 0 Å². The maximum Gasteiger partial charge on any atom is 0.233 e. The zero-order valence-electron chi connectivity index (χ0n) is 17.7. The van der Waals surface area contributed by atoms with Crippen LogP contribution < -0.4 is 27.0 Å². The van der Waals surface area contributed by atoms with E-state index in [1.165, 1.54) is 0 Å². The van der Waals surface area contributed by atoms with Gasteiger partial charge in [0.25, 0.3) is 0 Å². The minimum Gasteiger partial charge on any atom is -0.399 e. The second-order valence-corrected chi connectivity index (χ2v) is 7.08. The Morgan fingerprint density at radius 3 is 2.06 bits per heavy atom. The SMILES string of the molecule is CNc1cccc(Nc2nc(NCCCCCCO)nc(Nc3cccc(N)c3)n2)c1. The number of hydrogen-bond donors (Lipinski definition) is 6. The van der Waals surface area contributed by atoms with Gasteiger partial charge in [-0.1, -0.05) is 25.0 Å². The largest absolute Gasteiger partial charge is 0.399 e. The first-order valence-corrected chi connectivity index (χ1v) is 10.4. The van der Waals surface area contributed by atoms with Gasteiger partial charge in [0, 0.05) is 42.9 Å². The number of anilines is 7. The summed E-state index contributed by atoms with van der Waals surface area (Å²) in [6.07, 6.45) is 3.84. The molecule has 0 atom stereocenters. The zero-order chi connectivity index (χ0) is 21.9. The first-order valence-electron chi connectivity index (χ1n) is 10.4. The Labute approximate surface area is 182 Å². The Morgan fingerprint density at radius 2 is 1.39 bits per heavy atom. The highest BCUT2D eigenvalue weighted by Crippen LogP contribution is 2.21. The number of benzene rings is 2. The van der Waals surface area contributed by atoms with Crippen LogP contribution in [0.25, 0.3) is 0 Å². The highest BCUT2D eigenvalue weighted by atomic mass is 16.2. The lowest BCUT2D eigenvalue weighted by atomic mass is 10.2. The van der Waals surface area contributed by atoms with Gasteiger partial charge in [-0.2, -0.15) is 15.0 Å². The first kappa shape index (κ1) is 22.1. The molecule has 1 heterocycles. The number of hydrogen-bond acceptors (Lipinski definition) is 9. The van der Waals surface area contributed by atoms with Crippen LogP contribution in [0.3, 0.4) is 0 Å². The highest BCUT2D eigenvalue weighted by molar-refractivity contribution is 5.64. The molecule has 0 radical (unpaired) electrons. The lowest BCUT2D eigenvalue weighted by Gasteiger charge is -2.12. The summed E-state index contributed by atoms with van der Waals surface area (Å²) in [6, 6.07) is 15.3. The second kappa shape index (κ2) is 11.6. The molecule has 0 spiro atoms. The van der Waals surface area contributed by atoms with Crippen molar-refractivity contribution in [2.45, 2.75) is 25.7 Å². The van der Waals surface area contributed by atoms with Gasteiger partial charge in [0.1, 0.15) is 0 Å². The number of aliphatic hydroxyl groups excluding tert-OH is 1. The summed E-state index contributed by atoms with van der Waals surface area (Å²) in [5.74, 6) is 1.32. The van der Waals surface area contributed by atoms with E-state index in [-0.39, 0.29) is 6.61 Å². The van der Waals surface area contributed by atoms with Crippen molar-refractivity contribution in [3.8, 4) is 0 Å². The normalized spacial score (nSPS) is 10.5. The van der Waals surface area contributed by atoms with E-state index in [1.54, 1.807) is 0 Å². The van der Waals surface area contributed by atoms with Gasteiger partial charge in [-0.25, -0.2) is 0 Å². The minimum atomic E-state index is 0.240. The summed E-state index contributed by atoms with van der Waals surface area (Å²) in [7, 11) is 1.87. The predicted octanol–water partition coefficient (Wildman–Crippen LogP) is 3.95. The lowest BCUT2D eigenvalue weighted by Crippen LogP contribution is -2.10. The van der Waals surface area contributed by atoms with Crippen LogP contribution in [-0.2, 0) is 0 Å². The maximum absolute atomic E-state index is 8.89. The average molecular weight is 423 g/mol. The van der Waals surface area contributed by atoms with Crippen LogP contribution in [0.15, 0.2) is 48.5 Å². The van der Waals surface area contributed by atoms with Crippen molar-refractivity contribution in [1.82, 2.24) is 15.0 Å². The molecule has 0 amide bonds. The molecule has 1 aromatic heterocycles. The Kier molecular flexibility index (Phi) is 8.24. The van der Waals surface area contributed by atoms with E-state index in [9.17, 15) is 0 Å². The van der Waals surface area contributed by atoms with Crippen LogP contribution in [0.2, 0.25) is 0 Å². The maximum atomic E-state index is 8.89. The summed E-state index contributed by atoms with van der Waals surface area (Å²) in [5, 5.41) is 21.7. The topological polar surface area (TPSA) is 133 Å². The van der Waals surface area contributed by atoms with Gasteiger partial charge in [-0.3, -0.25) is 0 Å². The summed E-state index contributed by atoms with van der Waals surface area (Å²) in [5.41, 5.74) is 9.18. The molecule has 0 aliphatic carbocycles. The fourth-order valence-corrected chi connectivity index (χ4v) is 2.98. The molecule has 0 saturated carbocycles. The van der Waals surface area contributed by atoms with E-state index in [0.717, 1.165) is 49.3 Å². The number of nitrogen functional groups attached to an aromatic ring is 1. The standard InChI is InChI=1S/C22H30N8O/c1-24-17-9-7-11-19(15-17)27-22-29-20(25-12-4-2-3-5-13-31)28-21(30-22)26-18-10-6-8-16(23)14-18/h6-11,14-15,24,31H,2-5,12-13,23H2,1H3,(H3,25,26,27,28,29,30). The average Bonchev–Trinajstić information content (AvgIpc) is 2.76. The van der Waals surface area contributed by atoms with Crippen LogP contribution in [0.4, 0.5) is 40.6 Å². The second-order valence-electron chi connectivity index (χ2n) is 7.08. The van der Waals surface area contributed by atoms with Gasteiger partial charge < -0.3 is 32.1 Å². The molecule has 7 N–H and O–H groups in total. The molecule has 0 unspecified atom stereocenters. The van der Waals surface area contributed by atoms with Crippen LogP contribution >= 0.6 is 0 Å². The van der Waals surface area contributed by atoms with E-state index >= 15 is 0 Å². The summed E-state index contributed by atoms with van der Waals surface area (Å²) in [6.45, 7) is 0.978. The quantitative estimate of drug-likeness (QED) is 0.189. The molecule has 164 valence electrons. The summed E-state index contributed by atoms with van der Waals surface area (Å²) in [4.78, 5) is 13.5. The third kappa shape index (κ3) is 7.31. The Balaban J connectivity index is 1.75. The van der Waals surface area contributed by atoms with Gasteiger partial charge >= 0.3 is 0 Å². The number of unbranched alkanes of at least 4 members (excludes halogenated alkanes) is 3. The molecule has 0 aliphatic rings. The summed E-state index contributed by atoms with van der Waals surface area (Å²) >= 11 is 0. The van der Waals surface area contributed by atoms with Gasteiger partial charge in [0.2, 0.25) is 17.8 Å². The van der Waals surface area contributed by atoms with Gasteiger partial charge in [0.15, 0.2) is 0 Å². The molecular formula is C22H30N8O. The Morgan fingerprint density at radius 1 is 0.774 bits per heavy atom. The number of nitrogens with two attached hydrogens (primary N) is 1. The fourth-order valence-electron chi connectivity index (χ4n) is 2.98. The monoisotopic (exact) mass is 422 g/mol. The molecule has 2 aromatic carbocycles. The van der Waals surface area contributed by atoms with E-state index in [4.69, 9.17) is 10.8 Å². The molecule has 3 aromatic rings. The third-order valence-corrected chi connectivity index (χ3v) is 4.55. The van der Waals surface area contributed by atoms with Crippen LogP contribution in [0.1, 0.15) is 25.7 Å².